The van der Waals surface area contributed by atoms with E-state index in [9.17, 15) is 5.11 Å². The molecule has 0 radical (unpaired) electrons. The van der Waals surface area contributed by atoms with Gasteiger partial charge in [-0.15, -0.1) is 0 Å². The number of benzene rings is 2. The number of rotatable bonds is 10. The van der Waals surface area contributed by atoms with Crippen LogP contribution in [-0.2, 0) is 17.8 Å². The van der Waals surface area contributed by atoms with Crippen LogP contribution in [0.4, 0.5) is 0 Å². The van der Waals surface area contributed by atoms with E-state index in [4.69, 9.17) is 4.74 Å². The van der Waals surface area contributed by atoms with Crippen LogP contribution in [0.25, 0.3) is 0 Å². The van der Waals surface area contributed by atoms with E-state index >= 15 is 0 Å². The van der Waals surface area contributed by atoms with Gasteiger partial charge in [0.25, 0.3) is 0 Å². The zero-order valence-corrected chi connectivity index (χ0v) is 13.2. The van der Waals surface area contributed by atoms with E-state index in [1.165, 1.54) is 11.1 Å². The molecule has 0 aliphatic heterocycles. The molecule has 0 heterocycles. The van der Waals surface area contributed by atoms with Crippen LogP contribution in [0.5, 0.6) is 0 Å². The topological polar surface area (TPSA) is 29.5 Å². The summed E-state index contributed by atoms with van der Waals surface area (Å²) in [6.45, 7) is 1.25. The molecule has 0 spiro atoms. The fraction of sp³-hybridized carbons (Fsp3) is 0.400. The van der Waals surface area contributed by atoms with Crippen molar-refractivity contribution in [2.24, 2.45) is 0 Å². The lowest BCUT2D eigenvalue weighted by Crippen LogP contribution is -2.10. The molecular weight excluding hydrogens is 272 g/mol. The van der Waals surface area contributed by atoms with Crippen LogP contribution in [-0.4, -0.2) is 17.8 Å². The van der Waals surface area contributed by atoms with Gasteiger partial charge in [-0.25, -0.2) is 0 Å². The van der Waals surface area contributed by atoms with Gasteiger partial charge in [0.1, 0.15) is 0 Å². The summed E-state index contributed by atoms with van der Waals surface area (Å²) < 4.78 is 5.61. The molecule has 118 valence electrons. The molecule has 0 unspecified atom stereocenters. The zero-order chi connectivity index (χ0) is 15.5. The Hall–Kier alpha value is -1.64. The van der Waals surface area contributed by atoms with E-state index in [-0.39, 0.29) is 6.10 Å². The number of ether oxygens (including phenoxy) is 1. The average molecular weight is 298 g/mol. The van der Waals surface area contributed by atoms with Crippen molar-refractivity contribution in [3.63, 3.8) is 0 Å². The third-order valence-corrected chi connectivity index (χ3v) is 3.80. The first-order valence-corrected chi connectivity index (χ1v) is 8.18. The van der Waals surface area contributed by atoms with Crippen molar-refractivity contribution in [2.45, 2.75) is 44.8 Å². The van der Waals surface area contributed by atoms with E-state index in [2.05, 4.69) is 36.4 Å². The third-order valence-electron chi connectivity index (χ3n) is 3.80. The summed E-state index contributed by atoms with van der Waals surface area (Å²) >= 11 is 0. The molecule has 0 aliphatic rings. The van der Waals surface area contributed by atoms with E-state index in [1.54, 1.807) is 0 Å². The molecule has 2 nitrogen and oxygen atoms in total. The van der Waals surface area contributed by atoms with E-state index in [0.717, 1.165) is 32.1 Å². The highest BCUT2D eigenvalue weighted by atomic mass is 16.5. The van der Waals surface area contributed by atoms with Crippen molar-refractivity contribution < 1.29 is 9.84 Å². The van der Waals surface area contributed by atoms with Crippen LogP contribution < -0.4 is 0 Å². The van der Waals surface area contributed by atoms with Gasteiger partial charge in [-0.05, 0) is 36.8 Å². The summed E-state index contributed by atoms with van der Waals surface area (Å²) in [6.07, 6.45) is 4.63. The van der Waals surface area contributed by atoms with Crippen molar-refractivity contribution in [1.82, 2.24) is 0 Å². The molecule has 0 saturated heterocycles. The molecule has 0 saturated carbocycles. The second-order valence-electron chi connectivity index (χ2n) is 5.71. The smallest absolute Gasteiger partial charge is 0.0716 e. The highest BCUT2D eigenvalue weighted by molar-refractivity contribution is 5.14. The molecule has 0 amide bonds. The van der Waals surface area contributed by atoms with Gasteiger partial charge < -0.3 is 9.84 Å². The van der Waals surface area contributed by atoms with E-state index in [0.29, 0.717) is 13.2 Å². The molecule has 2 aromatic carbocycles. The molecule has 0 fully saturated rings. The fourth-order valence-electron chi connectivity index (χ4n) is 2.48. The minimum Gasteiger partial charge on any atom is -0.393 e. The van der Waals surface area contributed by atoms with Crippen LogP contribution in [0.15, 0.2) is 60.7 Å². The van der Waals surface area contributed by atoms with Crippen molar-refractivity contribution in [3.05, 3.63) is 71.8 Å². The van der Waals surface area contributed by atoms with Crippen LogP contribution in [0, 0.1) is 0 Å². The standard InChI is InChI=1S/C20H26O2/c21-20(14-8-7-11-18-9-3-1-4-10-18)15-16-22-17-19-12-5-2-6-13-19/h1-6,9-10,12-13,20-21H,7-8,11,14-17H2/t20-/m1/s1. The minimum atomic E-state index is -0.244. The number of aryl methyl sites for hydroxylation is 1. The summed E-state index contributed by atoms with van der Waals surface area (Å²) in [7, 11) is 0. The molecule has 22 heavy (non-hydrogen) atoms. The first kappa shape index (κ1) is 16.7. The summed E-state index contributed by atoms with van der Waals surface area (Å²) in [4.78, 5) is 0. The SMILES string of the molecule is O[C@H](CCCCc1ccccc1)CCOCc1ccccc1. The Kier molecular flexibility index (Phi) is 7.71. The molecular formula is C20H26O2. The van der Waals surface area contributed by atoms with Crippen molar-refractivity contribution in [3.8, 4) is 0 Å². The molecule has 2 heteroatoms. The Morgan fingerprint density at radius 1 is 0.773 bits per heavy atom. The fourth-order valence-corrected chi connectivity index (χ4v) is 2.48. The highest BCUT2D eigenvalue weighted by Gasteiger charge is 2.04. The molecule has 2 aromatic rings. The predicted molar refractivity (Wildman–Crippen MR) is 90.7 cm³/mol. The zero-order valence-electron chi connectivity index (χ0n) is 13.2. The Labute approximate surface area is 133 Å². The Morgan fingerprint density at radius 2 is 1.41 bits per heavy atom. The lowest BCUT2D eigenvalue weighted by Gasteiger charge is -2.11. The number of hydrogen-bond donors (Lipinski definition) is 1. The number of hydrogen-bond acceptors (Lipinski definition) is 2. The Morgan fingerprint density at radius 3 is 2.09 bits per heavy atom. The lowest BCUT2D eigenvalue weighted by molar-refractivity contribution is 0.0690. The van der Waals surface area contributed by atoms with Crippen molar-refractivity contribution >= 4 is 0 Å². The minimum absolute atomic E-state index is 0.244. The average Bonchev–Trinajstić information content (AvgIpc) is 2.57. The summed E-state index contributed by atoms with van der Waals surface area (Å²) in [6, 6.07) is 20.7. The maximum absolute atomic E-state index is 9.96. The second kappa shape index (κ2) is 10.1. The molecule has 0 aliphatic carbocycles. The number of aliphatic hydroxyl groups is 1. The van der Waals surface area contributed by atoms with Gasteiger partial charge in [0.15, 0.2) is 0 Å². The van der Waals surface area contributed by atoms with Gasteiger partial charge in [0.05, 0.1) is 12.7 Å². The summed E-state index contributed by atoms with van der Waals surface area (Å²) in [5.41, 5.74) is 2.56. The van der Waals surface area contributed by atoms with Crippen LogP contribution in [0.2, 0.25) is 0 Å². The van der Waals surface area contributed by atoms with Gasteiger partial charge in [0, 0.05) is 6.61 Å². The second-order valence-corrected chi connectivity index (χ2v) is 5.71. The molecule has 0 bridgehead atoms. The lowest BCUT2D eigenvalue weighted by atomic mass is 10.0. The number of unbranched alkanes of at least 4 members (excludes halogenated alkanes) is 1. The van der Waals surface area contributed by atoms with Crippen LogP contribution in [0.3, 0.4) is 0 Å². The quantitative estimate of drug-likeness (QED) is 0.660. The monoisotopic (exact) mass is 298 g/mol. The molecule has 2 rings (SSSR count). The Bertz CT molecular complexity index is 448. The maximum Gasteiger partial charge on any atom is 0.0716 e. The van der Waals surface area contributed by atoms with Crippen LogP contribution in [0.1, 0.15) is 36.8 Å². The van der Waals surface area contributed by atoms with Gasteiger partial charge in [-0.1, -0.05) is 67.1 Å². The van der Waals surface area contributed by atoms with E-state index < -0.39 is 0 Å². The number of aliphatic hydroxyl groups excluding tert-OH is 1. The van der Waals surface area contributed by atoms with Crippen molar-refractivity contribution in [1.29, 1.82) is 0 Å². The van der Waals surface area contributed by atoms with Crippen molar-refractivity contribution in [2.75, 3.05) is 6.61 Å². The van der Waals surface area contributed by atoms with Crippen LogP contribution >= 0.6 is 0 Å². The highest BCUT2D eigenvalue weighted by Crippen LogP contribution is 2.10. The van der Waals surface area contributed by atoms with Gasteiger partial charge >= 0.3 is 0 Å². The van der Waals surface area contributed by atoms with Gasteiger partial charge in [0.2, 0.25) is 0 Å². The maximum atomic E-state index is 9.96. The summed E-state index contributed by atoms with van der Waals surface area (Å²) in [5, 5.41) is 9.96. The normalized spacial score (nSPS) is 12.2. The van der Waals surface area contributed by atoms with E-state index in [1.807, 2.05) is 24.3 Å². The third kappa shape index (κ3) is 6.88. The molecule has 0 aromatic heterocycles. The van der Waals surface area contributed by atoms with Gasteiger partial charge in [-0.2, -0.15) is 0 Å². The molecule has 1 atom stereocenters. The first-order chi connectivity index (χ1) is 10.8. The molecule has 1 N–H and O–H groups in total. The van der Waals surface area contributed by atoms with Gasteiger partial charge in [-0.3, -0.25) is 0 Å². The Balaban J connectivity index is 1.48. The predicted octanol–water partition coefficient (Wildman–Crippen LogP) is 4.37. The first-order valence-electron chi connectivity index (χ1n) is 8.18. The largest absolute Gasteiger partial charge is 0.393 e. The summed E-state index contributed by atoms with van der Waals surface area (Å²) in [5.74, 6) is 0.